The van der Waals surface area contributed by atoms with Crippen LogP contribution in [-0.4, -0.2) is 46.3 Å². The van der Waals surface area contributed by atoms with E-state index >= 15 is 0 Å². The van der Waals surface area contributed by atoms with Gasteiger partial charge >= 0.3 is 0 Å². The number of ether oxygens (including phenoxy) is 1. The fraction of sp³-hybridized carbons (Fsp3) is 0.421. The average molecular weight is 356 g/mol. The quantitative estimate of drug-likeness (QED) is 0.843. The molecule has 1 fully saturated rings. The van der Waals surface area contributed by atoms with Gasteiger partial charge in [0.05, 0.1) is 12.2 Å². The van der Waals surface area contributed by atoms with E-state index in [1.807, 2.05) is 12.1 Å². The first-order chi connectivity index (χ1) is 12.5. The van der Waals surface area contributed by atoms with Crippen LogP contribution in [0.4, 0.5) is 0 Å². The number of amides is 1. The molecule has 1 saturated heterocycles. The number of nitrogens with one attached hydrogen (secondary N) is 2. The van der Waals surface area contributed by atoms with E-state index in [-0.39, 0.29) is 29.4 Å². The zero-order valence-corrected chi connectivity index (χ0v) is 15.1. The fourth-order valence-electron chi connectivity index (χ4n) is 3.18. The molecule has 2 heterocycles. The Hall–Kier alpha value is -2.51. The minimum absolute atomic E-state index is 0.191. The molecule has 0 unspecified atom stereocenters. The Bertz CT molecular complexity index is 773. The molecule has 1 aliphatic rings. The van der Waals surface area contributed by atoms with Crippen LogP contribution < -0.4 is 10.9 Å². The van der Waals surface area contributed by atoms with Crippen molar-refractivity contribution >= 4 is 5.91 Å². The van der Waals surface area contributed by atoms with Gasteiger partial charge < -0.3 is 10.1 Å². The van der Waals surface area contributed by atoms with Crippen molar-refractivity contribution in [1.82, 2.24) is 20.4 Å². The molecule has 2 atom stereocenters. The summed E-state index contributed by atoms with van der Waals surface area (Å²) in [5.41, 5.74) is 2.11. The van der Waals surface area contributed by atoms with Gasteiger partial charge in [0.25, 0.3) is 11.5 Å². The number of aromatic amines is 1. The van der Waals surface area contributed by atoms with E-state index in [2.05, 4.69) is 46.4 Å². The van der Waals surface area contributed by atoms with Gasteiger partial charge in [0.15, 0.2) is 0 Å². The van der Waals surface area contributed by atoms with Crippen LogP contribution in [0.15, 0.2) is 41.2 Å². The van der Waals surface area contributed by atoms with Gasteiger partial charge in [-0.1, -0.05) is 24.3 Å². The lowest BCUT2D eigenvalue weighted by molar-refractivity contribution is -0.0704. The molecule has 0 spiro atoms. The number of carbonyl (C=O) groups excluding carboxylic acids is 1. The van der Waals surface area contributed by atoms with E-state index in [1.165, 1.54) is 17.7 Å². The summed E-state index contributed by atoms with van der Waals surface area (Å²) in [6.45, 7) is 7.39. The molecule has 7 heteroatoms. The van der Waals surface area contributed by atoms with Crippen LogP contribution in [0.1, 0.15) is 35.5 Å². The SMILES string of the molecule is C[C@@H]1CN(Cc2ccc(CNC(=O)c3ccc(=O)[nH]n3)cc2)C[C@@H](C)O1. The summed E-state index contributed by atoms with van der Waals surface area (Å²) in [5, 5.41) is 8.76. The molecule has 0 radical (unpaired) electrons. The predicted molar refractivity (Wildman–Crippen MR) is 97.8 cm³/mol. The number of aromatic nitrogens is 2. The molecule has 0 saturated carbocycles. The Labute approximate surface area is 152 Å². The first kappa shape index (κ1) is 18.3. The molecule has 2 aromatic rings. The van der Waals surface area contributed by atoms with Crippen LogP contribution in [0.5, 0.6) is 0 Å². The Morgan fingerprint density at radius 2 is 1.81 bits per heavy atom. The van der Waals surface area contributed by atoms with Gasteiger partial charge in [0.1, 0.15) is 5.69 Å². The van der Waals surface area contributed by atoms with Gasteiger partial charge in [-0.3, -0.25) is 14.5 Å². The highest BCUT2D eigenvalue weighted by Gasteiger charge is 2.21. The lowest BCUT2D eigenvalue weighted by Gasteiger charge is -2.35. The van der Waals surface area contributed by atoms with E-state index < -0.39 is 0 Å². The number of rotatable bonds is 5. The maximum absolute atomic E-state index is 12.0. The highest BCUT2D eigenvalue weighted by molar-refractivity contribution is 5.91. The number of hydrogen-bond acceptors (Lipinski definition) is 5. The van der Waals surface area contributed by atoms with Gasteiger partial charge in [-0.25, -0.2) is 5.10 Å². The maximum Gasteiger partial charge on any atom is 0.271 e. The lowest BCUT2D eigenvalue weighted by atomic mass is 10.1. The number of carbonyl (C=O) groups is 1. The molecule has 7 nitrogen and oxygen atoms in total. The summed E-state index contributed by atoms with van der Waals surface area (Å²) in [7, 11) is 0. The lowest BCUT2D eigenvalue weighted by Crippen LogP contribution is -2.44. The van der Waals surface area contributed by atoms with E-state index in [0.29, 0.717) is 6.54 Å². The fourth-order valence-corrected chi connectivity index (χ4v) is 3.18. The first-order valence-electron chi connectivity index (χ1n) is 8.79. The minimum atomic E-state index is -0.332. The summed E-state index contributed by atoms with van der Waals surface area (Å²) in [6.07, 6.45) is 0.518. The van der Waals surface area contributed by atoms with E-state index in [0.717, 1.165) is 25.2 Å². The number of H-pyrrole nitrogens is 1. The highest BCUT2D eigenvalue weighted by atomic mass is 16.5. The van der Waals surface area contributed by atoms with Crippen molar-refractivity contribution in [3.05, 3.63) is 63.6 Å². The van der Waals surface area contributed by atoms with E-state index in [1.54, 1.807) is 0 Å². The summed E-state index contributed by atoms with van der Waals surface area (Å²) in [5.74, 6) is -0.318. The van der Waals surface area contributed by atoms with Gasteiger partial charge in [0.2, 0.25) is 0 Å². The minimum Gasteiger partial charge on any atom is -0.373 e. The molecular formula is C19H24N4O3. The second-order valence-electron chi connectivity index (χ2n) is 6.76. The monoisotopic (exact) mass is 356 g/mol. The maximum atomic E-state index is 12.0. The molecule has 1 aromatic heterocycles. The topological polar surface area (TPSA) is 87.3 Å². The normalized spacial score (nSPS) is 20.7. The molecule has 3 rings (SSSR count). The van der Waals surface area contributed by atoms with Gasteiger partial charge in [-0.05, 0) is 31.0 Å². The average Bonchev–Trinajstić information content (AvgIpc) is 2.60. The van der Waals surface area contributed by atoms with Crippen molar-refractivity contribution in [2.75, 3.05) is 13.1 Å². The van der Waals surface area contributed by atoms with Crippen LogP contribution in [0.2, 0.25) is 0 Å². The van der Waals surface area contributed by atoms with Crippen molar-refractivity contribution in [3.63, 3.8) is 0 Å². The van der Waals surface area contributed by atoms with Gasteiger partial charge in [-0.2, -0.15) is 5.10 Å². The standard InChI is InChI=1S/C19H24N4O3/c1-13-10-23(11-14(2)26-13)12-16-5-3-15(4-6-16)9-20-19(25)17-7-8-18(24)22-21-17/h3-8,13-14H,9-12H2,1-2H3,(H,20,25)(H,22,24)/t13-,14-/m1/s1. The zero-order chi connectivity index (χ0) is 18.5. The zero-order valence-electron chi connectivity index (χ0n) is 15.1. The van der Waals surface area contributed by atoms with E-state index in [9.17, 15) is 9.59 Å². The first-order valence-corrected chi connectivity index (χ1v) is 8.79. The summed E-state index contributed by atoms with van der Waals surface area (Å²) in [4.78, 5) is 25.4. The third-order valence-corrected chi connectivity index (χ3v) is 4.29. The van der Waals surface area contributed by atoms with Gasteiger partial charge in [0, 0.05) is 32.2 Å². The molecule has 1 amide bonds. The third kappa shape index (κ3) is 5.00. The van der Waals surface area contributed by atoms with Crippen molar-refractivity contribution in [2.45, 2.75) is 39.1 Å². The highest BCUT2D eigenvalue weighted by Crippen LogP contribution is 2.14. The van der Waals surface area contributed by atoms with Crippen LogP contribution >= 0.6 is 0 Å². The predicted octanol–water partition coefficient (Wildman–Crippen LogP) is 1.31. The molecule has 138 valence electrons. The summed E-state index contributed by atoms with van der Waals surface area (Å²) in [6, 6.07) is 10.9. The molecular weight excluding hydrogens is 332 g/mol. The Kier molecular flexibility index (Phi) is 5.80. The van der Waals surface area contributed by atoms with Gasteiger partial charge in [-0.15, -0.1) is 0 Å². The van der Waals surface area contributed by atoms with Crippen LogP contribution in [0.3, 0.4) is 0 Å². The second-order valence-corrected chi connectivity index (χ2v) is 6.76. The van der Waals surface area contributed by atoms with Crippen LogP contribution in [-0.2, 0) is 17.8 Å². The molecule has 0 bridgehead atoms. The Morgan fingerprint density at radius 1 is 1.15 bits per heavy atom. The molecule has 1 aromatic carbocycles. The smallest absolute Gasteiger partial charge is 0.271 e. The van der Waals surface area contributed by atoms with Crippen molar-refractivity contribution < 1.29 is 9.53 Å². The summed E-state index contributed by atoms with van der Waals surface area (Å²) >= 11 is 0. The third-order valence-electron chi connectivity index (χ3n) is 4.29. The molecule has 26 heavy (non-hydrogen) atoms. The van der Waals surface area contributed by atoms with Crippen LogP contribution in [0.25, 0.3) is 0 Å². The molecule has 1 aliphatic heterocycles. The number of morpholine rings is 1. The van der Waals surface area contributed by atoms with Crippen molar-refractivity contribution in [3.8, 4) is 0 Å². The Balaban J connectivity index is 1.52. The molecule has 0 aliphatic carbocycles. The van der Waals surface area contributed by atoms with Crippen molar-refractivity contribution in [1.29, 1.82) is 0 Å². The summed E-state index contributed by atoms with van der Waals surface area (Å²) < 4.78 is 5.76. The van der Waals surface area contributed by atoms with Crippen molar-refractivity contribution in [2.24, 2.45) is 0 Å². The molecule has 2 N–H and O–H groups in total. The number of benzene rings is 1. The Morgan fingerprint density at radius 3 is 2.42 bits per heavy atom. The largest absolute Gasteiger partial charge is 0.373 e. The second kappa shape index (κ2) is 8.25. The number of nitrogens with zero attached hydrogens (tertiary/aromatic N) is 2. The number of hydrogen-bond donors (Lipinski definition) is 2. The van der Waals surface area contributed by atoms with Crippen LogP contribution in [0, 0.1) is 0 Å². The van der Waals surface area contributed by atoms with E-state index in [4.69, 9.17) is 4.74 Å².